The number of hydrogen-bond acceptors (Lipinski definition) is 4. The number of hydrogen-bond donors (Lipinski definition) is 2. The predicted octanol–water partition coefficient (Wildman–Crippen LogP) is 1.67. The first-order chi connectivity index (χ1) is 8.33. The third-order valence-corrected chi connectivity index (χ3v) is 2.59. The largest absolute Gasteiger partial charge is 0.391 e. The Morgan fingerprint density at radius 2 is 2.00 bits per heavy atom. The second-order valence-corrected chi connectivity index (χ2v) is 4.91. The van der Waals surface area contributed by atoms with Crippen LogP contribution in [0.3, 0.4) is 0 Å². The molecule has 1 aromatic rings. The standard InChI is InChI=1S/C13H17ClO4/c1-9(15)7-18-8-13(2,17)12(16)10-3-5-11(14)6-4-10/h3-6,9,15,17H,7-8H2,1-2H3. The van der Waals surface area contributed by atoms with Crippen LogP contribution in [0.25, 0.3) is 0 Å². The molecule has 0 amide bonds. The molecule has 1 rings (SSSR count). The van der Waals surface area contributed by atoms with Gasteiger partial charge in [-0.15, -0.1) is 0 Å². The number of rotatable bonds is 6. The van der Waals surface area contributed by atoms with Gasteiger partial charge >= 0.3 is 0 Å². The quantitative estimate of drug-likeness (QED) is 0.773. The average Bonchev–Trinajstić information content (AvgIpc) is 2.28. The second kappa shape index (κ2) is 6.29. The van der Waals surface area contributed by atoms with Crippen molar-refractivity contribution in [3.05, 3.63) is 34.9 Å². The third kappa shape index (κ3) is 4.38. The number of ketones is 1. The van der Waals surface area contributed by atoms with Crippen molar-refractivity contribution in [1.82, 2.24) is 0 Å². The average molecular weight is 273 g/mol. The van der Waals surface area contributed by atoms with E-state index >= 15 is 0 Å². The van der Waals surface area contributed by atoms with Gasteiger partial charge in [-0.2, -0.15) is 0 Å². The number of aliphatic hydroxyl groups is 2. The molecule has 0 saturated heterocycles. The molecule has 0 saturated carbocycles. The normalized spacial score (nSPS) is 16.1. The Labute approximate surface area is 111 Å². The molecule has 100 valence electrons. The predicted molar refractivity (Wildman–Crippen MR) is 68.9 cm³/mol. The molecule has 0 aliphatic rings. The van der Waals surface area contributed by atoms with Crippen molar-refractivity contribution in [2.45, 2.75) is 25.6 Å². The second-order valence-electron chi connectivity index (χ2n) is 4.47. The molecule has 2 atom stereocenters. The van der Waals surface area contributed by atoms with Crippen LogP contribution in [0.15, 0.2) is 24.3 Å². The van der Waals surface area contributed by atoms with Crippen molar-refractivity contribution < 1.29 is 19.7 Å². The van der Waals surface area contributed by atoms with Crippen molar-refractivity contribution in [3.8, 4) is 0 Å². The van der Waals surface area contributed by atoms with Gasteiger partial charge in [-0.1, -0.05) is 11.6 Å². The smallest absolute Gasteiger partial charge is 0.196 e. The van der Waals surface area contributed by atoms with Crippen LogP contribution in [0.2, 0.25) is 5.02 Å². The van der Waals surface area contributed by atoms with Gasteiger partial charge in [-0.05, 0) is 38.1 Å². The molecule has 5 heteroatoms. The highest BCUT2D eigenvalue weighted by molar-refractivity contribution is 6.30. The van der Waals surface area contributed by atoms with Gasteiger partial charge in [0.1, 0.15) is 5.60 Å². The van der Waals surface area contributed by atoms with E-state index in [0.717, 1.165) is 0 Å². The maximum atomic E-state index is 12.0. The van der Waals surface area contributed by atoms with Gasteiger partial charge < -0.3 is 14.9 Å². The summed E-state index contributed by atoms with van der Waals surface area (Å²) in [5, 5.41) is 19.6. The maximum absolute atomic E-state index is 12.0. The zero-order valence-electron chi connectivity index (χ0n) is 10.4. The minimum Gasteiger partial charge on any atom is -0.391 e. The highest BCUT2D eigenvalue weighted by Crippen LogP contribution is 2.16. The van der Waals surface area contributed by atoms with Crippen LogP contribution in [-0.2, 0) is 4.74 Å². The monoisotopic (exact) mass is 272 g/mol. The molecular weight excluding hydrogens is 256 g/mol. The third-order valence-electron chi connectivity index (χ3n) is 2.34. The molecule has 0 aliphatic heterocycles. The van der Waals surface area contributed by atoms with Crippen LogP contribution in [0, 0.1) is 0 Å². The lowest BCUT2D eigenvalue weighted by molar-refractivity contribution is -0.0375. The molecule has 0 aromatic heterocycles. The summed E-state index contributed by atoms with van der Waals surface area (Å²) in [6, 6.07) is 6.27. The zero-order chi connectivity index (χ0) is 13.8. The summed E-state index contributed by atoms with van der Waals surface area (Å²) >= 11 is 5.72. The SMILES string of the molecule is CC(O)COCC(C)(O)C(=O)c1ccc(Cl)cc1. The fourth-order valence-electron chi connectivity index (χ4n) is 1.41. The summed E-state index contributed by atoms with van der Waals surface area (Å²) in [7, 11) is 0. The van der Waals surface area contributed by atoms with Crippen molar-refractivity contribution in [1.29, 1.82) is 0 Å². The van der Waals surface area contributed by atoms with Gasteiger partial charge in [-0.3, -0.25) is 4.79 Å². The first-order valence-corrected chi connectivity index (χ1v) is 5.99. The van der Waals surface area contributed by atoms with Crippen LogP contribution in [-0.4, -0.2) is 40.9 Å². The van der Waals surface area contributed by atoms with Gasteiger partial charge in [0.2, 0.25) is 0 Å². The van der Waals surface area contributed by atoms with Crippen LogP contribution >= 0.6 is 11.6 Å². The topological polar surface area (TPSA) is 66.8 Å². The summed E-state index contributed by atoms with van der Waals surface area (Å²) in [6.45, 7) is 2.85. The number of carbonyl (C=O) groups excluding carboxylic acids is 1. The van der Waals surface area contributed by atoms with Crippen LogP contribution < -0.4 is 0 Å². The molecule has 0 fully saturated rings. The van der Waals surface area contributed by atoms with E-state index in [-0.39, 0.29) is 13.2 Å². The molecule has 18 heavy (non-hydrogen) atoms. The van der Waals surface area contributed by atoms with Crippen LogP contribution in [0.5, 0.6) is 0 Å². The lowest BCUT2D eigenvalue weighted by Crippen LogP contribution is -2.40. The van der Waals surface area contributed by atoms with E-state index in [9.17, 15) is 9.90 Å². The Kier molecular flexibility index (Phi) is 5.28. The highest BCUT2D eigenvalue weighted by atomic mass is 35.5. The Hall–Kier alpha value is -0.940. The number of Topliss-reactive ketones (excluding diaryl/α,β-unsaturated/α-hetero) is 1. The van der Waals surface area contributed by atoms with Gasteiger partial charge in [0, 0.05) is 10.6 Å². The van der Waals surface area contributed by atoms with E-state index < -0.39 is 17.5 Å². The van der Waals surface area contributed by atoms with Crippen molar-refractivity contribution in [2.75, 3.05) is 13.2 Å². The van der Waals surface area contributed by atoms with Gasteiger partial charge in [-0.25, -0.2) is 0 Å². The summed E-state index contributed by atoms with van der Waals surface area (Å²) in [6.07, 6.45) is -0.633. The Balaban J connectivity index is 2.66. The number of benzene rings is 1. The molecule has 1 aromatic carbocycles. The van der Waals surface area contributed by atoms with Gasteiger partial charge in [0.25, 0.3) is 0 Å². The van der Waals surface area contributed by atoms with Crippen molar-refractivity contribution >= 4 is 17.4 Å². The van der Waals surface area contributed by atoms with Gasteiger partial charge in [0.05, 0.1) is 19.3 Å². The molecule has 2 N–H and O–H groups in total. The summed E-state index contributed by atoms with van der Waals surface area (Å²) < 4.78 is 5.08. The Morgan fingerprint density at radius 3 is 2.50 bits per heavy atom. The van der Waals surface area contributed by atoms with E-state index in [1.165, 1.54) is 6.92 Å². The van der Waals surface area contributed by atoms with E-state index in [0.29, 0.717) is 10.6 Å². The van der Waals surface area contributed by atoms with Crippen molar-refractivity contribution in [3.63, 3.8) is 0 Å². The summed E-state index contributed by atoms with van der Waals surface area (Å²) in [5.74, 6) is -0.440. The highest BCUT2D eigenvalue weighted by Gasteiger charge is 2.31. The molecular formula is C13H17ClO4. The first kappa shape index (κ1) is 15.1. The molecule has 2 unspecified atom stereocenters. The van der Waals surface area contributed by atoms with Crippen LogP contribution in [0.1, 0.15) is 24.2 Å². The minimum absolute atomic E-state index is 0.0735. The minimum atomic E-state index is -1.62. The van der Waals surface area contributed by atoms with Crippen LogP contribution in [0.4, 0.5) is 0 Å². The fourth-order valence-corrected chi connectivity index (χ4v) is 1.53. The number of aliphatic hydroxyl groups excluding tert-OH is 1. The molecule has 0 radical (unpaired) electrons. The maximum Gasteiger partial charge on any atom is 0.196 e. The number of carbonyl (C=O) groups is 1. The van der Waals surface area contributed by atoms with E-state index in [2.05, 4.69) is 0 Å². The Morgan fingerprint density at radius 1 is 1.44 bits per heavy atom. The van der Waals surface area contributed by atoms with E-state index in [1.54, 1.807) is 31.2 Å². The zero-order valence-corrected chi connectivity index (χ0v) is 11.1. The lowest BCUT2D eigenvalue weighted by Gasteiger charge is -2.22. The number of ether oxygens (including phenoxy) is 1. The molecule has 0 aliphatic carbocycles. The molecule has 0 spiro atoms. The van der Waals surface area contributed by atoms with E-state index in [1.807, 2.05) is 0 Å². The summed E-state index contributed by atoms with van der Waals surface area (Å²) in [4.78, 5) is 12.0. The Bertz CT molecular complexity index is 398. The number of halogens is 1. The molecule has 4 nitrogen and oxygen atoms in total. The van der Waals surface area contributed by atoms with Gasteiger partial charge in [0.15, 0.2) is 5.78 Å². The van der Waals surface area contributed by atoms with E-state index in [4.69, 9.17) is 21.4 Å². The fraction of sp³-hybridized carbons (Fsp3) is 0.462. The van der Waals surface area contributed by atoms with Crippen molar-refractivity contribution in [2.24, 2.45) is 0 Å². The first-order valence-electron chi connectivity index (χ1n) is 5.61. The molecule has 0 bridgehead atoms. The summed E-state index contributed by atoms with van der Waals surface area (Å²) in [5.41, 5.74) is -1.26. The molecule has 0 heterocycles. The lowest BCUT2D eigenvalue weighted by atomic mass is 9.96.